The monoisotopic (exact) mass is 465 g/mol. The summed E-state index contributed by atoms with van der Waals surface area (Å²) in [4.78, 5) is 35.0. The maximum absolute atomic E-state index is 14.4. The number of hydrogen-bond donors (Lipinski definition) is 3. The number of nitrogens with one attached hydrogen (secondary N) is 2. The van der Waals surface area contributed by atoms with Gasteiger partial charge in [0.1, 0.15) is 23.0 Å². The van der Waals surface area contributed by atoms with Crippen molar-refractivity contribution < 1.29 is 23.5 Å². The van der Waals surface area contributed by atoms with Crippen LogP contribution in [-0.4, -0.2) is 51.5 Å². The molecule has 8 nitrogen and oxygen atoms in total. The van der Waals surface area contributed by atoms with E-state index in [1.807, 2.05) is 12.1 Å². The van der Waals surface area contributed by atoms with Crippen LogP contribution in [0.15, 0.2) is 42.5 Å². The van der Waals surface area contributed by atoms with Crippen LogP contribution in [0.5, 0.6) is 0 Å². The first-order chi connectivity index (χ1) is 16.5. The van der Waals surface area contributed by atoms with Crippen LogP contribution < -0.4 is 10.6 Å². The molecule has 0 bridgehead atoms. The van der Waals surface area contributed by atoms with E-state index in [1.165, 1.54) is 6.07 Å². The number of carbonyl (C=O) groups is 2. The number of fused-ring (bicyclic) bond motifs is 1. The Kier molecular flexibility index (Phi) is 5.66. The molecule has 1 atom stereocenters. The van der Waals surface area contributed by atoms with Gasteiger partial charge in [0, 0.05) is 18.8 Å². The fourth-order valence-electron chi connectivity index (χ4n) is 4.37. The van der Waals surface area contributed by atoms with E-state index in [4.69, 9.17) is 5.11 Å². The van der Waals surface area contributed by atoms with Crippen LogP contribution >= 0.6 is 0 Å². The Morgan fingerprint density at radius 1 is 1.06 bits per heavy atom. The van der Waals surface area contributed by atoms with Crippen LogP contribution in [0, 0.1) is 11.6 Å². The van der Waals surface area contributed by atoms with E-state index in [2.05, 4.69) is 20.6 Å². The van der Waals surface area contributed by atoms with E-state index in [0.29, 0.717) is 30.9 Å². The van der Waals surface area contributed by atoms with Crippen molar-refractivity contribution in [1.29, 1.82) is 0 Å². The normalized spacial score (nSPS) is 17.1. The predicted molar refractivity (Wildman–Crippen MR) is 119 cm³/mol. The maximum atomic E-state index is 14.4. The summed E-state index contributed by atoms with van der Waals surface area (Å²) >= 11 is 0. The zero-order chi connectivity index (χ0) is 23.8. The lowest BCUT2D eigenvalue weighted by molar-refractivity contribution is -0.129. The van der Waals surface area contributed by atoms with Gasteiger partial charge in [-0.2, -0.15) is 0 Å². The molecule has 0 aliphatic carbocycles. The number of β-amino-alcohol motifs (C(OH)–C–C–N with tert-alkyl or cyclic N) is 1. The van der Waals surface area contributed by atoms with Gasteiger partial charge in [-0.1, -0.05) is 18.2 Å². The van der Waals surface area contributed by atoms with Gasteiger partial charge in [0.15, 0.2) is 5.82 Å². The summed E-state index contributed by atoms with van der Waals surface area (Å²) in [5, 5.41) is 14.8. The summed E-state index contributed by atoms with van der Waals surface area (Å²) in [6, 6.07) is 10.6. The Morgan fingerprint density at radius 2 is 1.79 bits per heavy atom. The molecule has 1 aromatic heterocycles. The summed E-state index contributed by atoms with van der Waals surface area (Å²) in [6.07, 6.45) is 0.669. The van der Waals surface area contributed by atoms with Crippen molar-refractivity contribution in [2.24, 2.45) is 0 Å². The zero-order valence-electron chi connectivity index (χ0n) is 18.0. The Bertz CT molecular complexity index is 1260. The topological polar surface area (TPSA) is 107 Å². The van der Waals surface area contributed by atoms with Gasteiger partial charge >= 0.3 is 0 Å². The molecule has 174 valence electrons. The number of rotatable bonds is 6. The van der Waals surface area contributed by atoms with E-state index in [1.54, 1.807) is 17.0 Å². The number of amides is 2. The predicted octanol–water partition coefficient (Wildman–Crippen LogP) is 2.72. The number of aliphatic hydroxyl groups excluding tert-OH is 1. The molecule has 3 aromatic rings. The molecule has 1 unspecified atom stereocenters. The minimum atomic E-state index is -0.802. The molecular weight excluding hydrogens is 444 g/mol. The Hall–Kier alpha value is -3.92. The van der Waals surface area contributed by atoms with Crippen LogP contribution in [-0.2, 0) is 11.3 Å². The third kappa shape index (κ3) is 3.86. The fraction of sp³-hybridized carbons (Fsp3) is 0.250. The van der Waals surface area contributed by atoms with E-state index in [0.717, 1.165) is 17.7 Å². The Balaban J connectivity index is 1.45. The minimum absolute atomic E-state index is 0.0170. The van der Waals surface area contributed by atoms with Crippen LogP contribution in [0.4, 0.5) is 20.3 Å². The van der Waals surface area contributed by atoms with Gasteiger partial charge in [0.05, 0.1) is 30.3 Å². The van der Waals surface area contributed by atoms with Gasteiger partial charge in [0.25, 0.3) is 5.91 Å². The number of halogens is 2. The molecule has 0 saturated carbocycles. The quantitative estimate of drug-likeness (QED) is 0.517. The Morgan fingerprint density at radius 3 is 2.50 bits per heavy atom. The minimum Gasteiger partial charge on any atom is -0.395 e. The second-order valence-corrected chi connectivity index (χ2v) is 8.13. The summed E-state index contributed by atoms with van der Waals surface area (Å²) < 4.78 is 28.7. The number of aliphatic hydroxyl groups is 1. The van der Waals surface area contributed by atoms with Crippen molar-refractivity contribution in [3.8, 4) is 11.4 Å². The summed E-state index contributed by atoms with van der Waals surface area (Å²) in [6.45, 7) is 0.973. The highest BCUT2D eigenvalue weighted by Crippen LogP contribution is 2.32. The van der Waals surface area contributed by atoms with E-state index < -0.39 is 11.6 Å². The molecule has 3 N–H and O–H groups in total. The van der Waals surface area contributed by atoms with Crippen LogP contribution in [0.1, 0.15) is 34.0 Å². The number of anilines is 2. The molecule has 2 amide bonds. The maximum Gasteiger partial charge on any atom is 0.257 e. The van der Waals surface area contributed by atoms with Crippen molar-refractivity contribution in [1.82, 2.24) is 20.2 Å². The first-order valence-electron chi connectivity index (χ1n) is 10.9. The number of aromatic nitrogens is 2. The zero-order valence-corrected chi connectivity index (χ0v) is 18.0. The first kappa shape index (κ1) is 21.9. The average Bonchev–Trinajstić information content (AvgIpc) is 3.37. The van der Waals surface area contributed by atoms with E-state index in [9.17, 15) is 18.4 Å². The number of carbonyl (C=O) groups excluding carboxylic acids is 2. The van der Waals surface area contributed by atoms with Crippen molar-refractivity contribution in [3.05, 3.63) is 70.9 Å². The lowest BCUT2D eigenvalue weighted by atomic mass is 9.97. The highest BCUT2D eigenvalue weighted by Gasteiger charge is 2.32. The molecular formula is C24H21F2N5O3. The van der Waals surface area contributed by atoms with Crippen molar-refractivity contribution in [2.75, 3.05) is 25.0 Å². The van der Waals surface area contributed by atoms with Gasteiger partial charge in [-0.05, 0) is 36.2 Å². The van der Waals surface area contributed by atoms with E-state index >= 15 is 0 Å². The first-order valence-corrected chi connectivity index (χ1v) is 10.9. The molecule has 0 radical (unpaired) electrons. The second-order valence-electron chi connectivity index (χ2n) is 8.13. The van der Waals surface area contributed by atoms with Gasteiger partial charge < -0.3 is 20.6 Å². The molecule has 34 heavy (non-hydrogen) atoms. The highest BCUT2D eigenvalue weighted by atomic mass is 19.1. The number of nitrogens with zero attached hydrogens (tertiary/aromatic N) is 3. The third-order valence-electron chi connectivity index (χ3n) is 6.06. The number of hydrogen-bond acceptors (Lipinski definition) is 6. The average molecular weight is 465 g/mol. The van der Waals surface area contributed by atoms with Gasteiger partial charge in [-0.15, -0.1) is 0 Å². The number of likely N-dealkylation sites (tertiary alicyclic amines) is 1. The summed E-state index contributed by atoms with van der Waals surface area (Å²) in [5.74, 6) is -2.30. The largest absolute Gasteiger partial charge is 0.395 e. The molecule has 2 aliphatic heterocycles. The molecule has 1 fully saturated rings. The molecule has 2 aromatic carbocycles. The molecule has 5 rings (SSSR count). The smallest absolute Gasteiger partial charge is 0.257 e. The van der Waals surface area contributed by atoms with Crippen molar-refractivity contribution in [2.45, 2.75) is 18.9 Å². The van der Waals surface area contributed by atoms with Crippen molar-refractivity contribution in [3.63, 3.8) is 0 Å². The fourth-order valence-corrected chi connectivity index (χ4v) is 4.37. The molecule has 0 spiro atoms. The molecule has 3 heterocycles. The summed E-state index contributed by atoms with van der Waals surface area (Å²) in [7, 11) is 0. The van der Waals surface area contributed by atoms with Crippen LogP contribution in [0.25, 0.3) is 11.4 Å². The summed E-state index contributed by atoms with van der Waals surface area (Å²) in [5.41, 5.74) is 1.63. The van der Waals surface area contributed by atoms with Gasteiger partial charge in [-0.3, -0.25) is 9.59 Å². The molecule has 1 saturated heterocycles. The second kappa shape index (κ2) is 8.79. The van der Waals surface area contributed by atoms with Crippen molar-refractivity contribution >= 4 is 23.3 Å². The van der Waals surface area contributed by atoms with Crippen LogP contribution in [0.3, 0.4) is 0 Å². The third-order valence-corrected chi connectivity index (χ3v) is 6.06. The van der Waals surface area contributed by atoms with Gasteiger partial charge in [0.2, 0.25) is 5.91 Å². The standard InChI is InChI=1S/C24H21F2N5O3/c25-16-2-1-3-17(26)19(16)21-29-18-12-27-23(33)20(18)22(30-21)28-14-6-4-13(5-7-14)15-8-9-31(10-11-32)24(15)34/h1-7,15,32H,8-12H2,(H,27,33)(H,28,29,30). The lowest BCUT2D eigenvalue weighted by Gasteiger charge is -2.15. The Labute approximate surface area is 193 Å². The molecule has 10 heteroatoms. The van der Waals surface area contributed by atoms with Crippen LogP contribution in [0.2, 0.25) is 0 Å². The number of benzene rings is 2. The molecule has 2 aliphatic rings. The van der Waals surface area contributed by atoms with Gasteiger partial charge in [-0.25, -0.2) is 18.7 Å². The lowest BCUT2D eigenvalue weighted by Crippen LogP contribution is -2.29. The van der Waals surface area contributed by atoms with E-state index in [-0.39, 0.29) is 53.7 Å². The highest BCUT2D eigenvalue weighted by molar-refractivity contribution is 6.03. The SMILES string of the molecule is O=C1NCc2nc(-c3c(F)cccc3F)nc(Nc3ccc(C4CCN(CCO)C4=O)cc3)c21.